The van der Waals surface area contributed by atoms with Gasteiger partial charge in [0, 0.05) is 0 Å². The first-order chi connectivity index (χ1) is 6.06. The molecule has 0 amide bonds. The number of hydrogen-bond acceptors (Lipinski definition) is 2. The molecule has 0 aliphatic rings. The third-order valence-electron chi connectivity index (χ3n) is 1.41. The molecule has 3 nitrogen and oxygen atoms in total. The lowest BCUT2D eigenvalue weighted by atomic mass is 10.2. The average molecular weight is 191 g/mol. The van der Waals surface area contributed by atoms with E-state index in [2.05, 4.69) is 0 Å². The van der Waals surface area contributed by atoms with Crippen molar-refractivity contribution in [1.82, 2.24) is 4.98 Å². The minimum absolute atomic E-state index is 0.0527. The lowest BCUT2D eigenvalue weighted by Gasteiger charge is -1.99. The topological polar surface area (TPSA) is 49.9 Å². The standard InChI is InChI=1S/C7H4F3NO2/c8-5(9)4-1-3(2-12)6(10)11-7(4)13/h1-2,5H,(H,11,13). The van der Waals surface area contributed by atoms with Crippen molar-refractivity contribution in [3.63, 3.8) is 0 Å². The molecule has 0 radical (unpaired) electrons. The number of aldehydes is 1. The van der Waals surface area contributed by atoms with Gasteiger partial charge in [-0.25, -0.2) is 8.78 Å². The van der Waals surface area contributed by atoms with Crippen molar-refractivity contribution >= 4 is 6.29 Å². The lowest BCUT2D eigenvalue weighted by molar-refractivity contribution is 0.111. The summed E-state index contributed by atoms with van der Waals surface area (Å²) in [5.74, 6) is -1.20. The maximum absolute atomic E-state index is 12.6. The molecule has 1 aromatic rings. The molecule has 0 fully saturated rings. The number of carbonyl (C=O) groups is 1. The Morgan fingerprint density at radius 1 is 1.46 bits per heavy atom. The summed E-state index contributed by atoms with van der Waals surface area (Å²) in [5.41, 5.74) is -2.73. The van der Waals surface area contributed by atoms with E-state index in [1.54, 1.807) is 0 Å². The largest absolute Gasteiger partial charge is 0.298 e. The molecule has 0 atom stereocenters. The van der Waals surface area contributed by atoms with E-state index in [1.807, 2.05) is 0 Å². The Morgan fingerprint density at radius 3 is 2.54 bits per heavy atom. The zero-order valence-electron chi connectivity index (χ0n) is 6.18. The van der Waals surface area contributed by atoms with Crippen LogP contribution < -0.4 is 5.56 Å². The number of aromatic amines is 1. The molecule has 0 unspecified atom stereocenters. The van der Waals surface area contributed by atoms with Crippen LogP contribution in [0.3, 0.4) is 0 Å². The minimum atomic E-state index is -3.02. The Hall–Kier alpha value is -1.59. The number of H-pyrrole nitrogens is 1. The van der Waals surface area contributed by atoms with Crippen LogP contribution in [0.2, 0.25) is 0 Å². The lowest BCUT2D eigenvalue weighted by Crippen LogP contribution is -2.16. The highest BCUT2D eigenvalue weighted by Gasteiger charge is 2.15. The molecule has 1 heterocycles. The third-order valence-corrected chi connectivity index (χ3v) is 1.41. The highest BCUT2D eigenvalue weighted by molar-refractivity contribution is 5.74. The average Bonchev–Trinajstić information content (AvgIpc) is 2.03. The van der Waals surface area contributed by atoms with Crippen molar-refractivity contribution in [2.45, 2.75) is 6.43 Å². The van der Waals surface area contributed by atoms with Crippen LogP contribution in [0.4, 0.5) is 13.2 Å². The van der Waals surface area contributed by atoms with Crippen LogP contribution in [0.5, 0.6) is 0 Å². The van der Waals surface area contributed by atoms with Gasteiger partial charge in [0.05, 0.1) is 11.1 Å². The Balaban J connectivity index is 3.39. The number of alkyl halides is 2. The normalized spacial score (nSPS) is 10.5. The molecule has 0 aliphatic carbocycles. The van der Waals surface area contributed by atoms with E-state index in [4.69, 9.17) is 0 Å². The maximum Gasteiger partial charge on any atom is 0.269 e. The molecule has 0 saturated heterocycles. The Morgan fingerprint density at radius 2 is 2.08 bits per heavy atom. The van der Waals surface area contributed by atoms with E-state index < -0.39 is 29.1 Å². The van der Waals surface area contributed by atoms with Gasteiger partial charge >= 0.3 is 0 Å². The minimum Gasteiger partial charge on any atom is -0.298 e. The number of rotatable bonds is 2. The van der Waals surface area contributed by atoms with Crippen LogP contribution in [0.15, 0.2) is 10.9 Å². The first kappa shape index (κ1) is 9.50. The Bertz CT molecular complexity index is 386. The van der Waals surface area contributed by atoms with E-state index >= 15 is 0 Å². The molecule has 0 saturated carbocycles. The van der Waals surface area contributed by atoms with Gasteiger partial charge in [-0.1, -0.05) is 0 Å². The molecular formula is C7H4F3NO2. The van der Waals surface area contributed by atoms with E-state index in [0.717, 1.165) is 0 Å². The molecule has 1 aromatic heterocycles. The summed E-state index contributed by atoms with van der Waals surface area (Å²) in [6.45, 7) is 0. The van der Waals surface area contributed by atoms with Gasteiger partial charge in [-0.2, -0.15) is 4.39 Å². The molecule has 6 heteroatoms. The van der Waals surface area contributed by atoms with Crippen LogP contribution in [0, 0.1) is 5.95 Å². The van der Waals surface area contributed by atoms with Gasteiger partial charge < -0.3 is 0 Å². The molecule has 0 bridgehead atoms. The molecule has 13 heavy (non-hydrogen) atoms. The van der Waals surface area contributed by atoms with Gasteiger partial charge in [0.15, 0.2) is 6.29 Å². The van der Waals surface area contributed by atoms with Gasteiger partial charge in [-0.15, -0.1) is 0 Å². The summed E-state index contributed by atoms with van der Waals surface area (Å²) in [6, 6.07) is 0.534. The van der Waals surface area contributed by atoms with Gasteiger partial charge in [-0.05, 0) is 6.07 Å². The molecule has 1 N–H and O–H groups in total. The van der Waals surface area contributed by atoms with Crippen molar-refractivity contribution in [1.29, 1.82) is 0 Å². The zero-order chi connectivity index (χ0) is 10.0. The fourth-order valence-corrected chi connectivity index (χ4v) is 0.788. The van der Waals surface area contributed by atoms with Crippen molar-refractivity contribution in [3.05, 3.63) is 33.5 Å². The Labute approximate surface area is 70.2 Å². The SMILES string of the molecule is O=Cc1cc(C(F)F)c(=O)[nH]c1F. The van der Waals surface area contributed by atoms with E-state index in [0.29, 0.717) is 6.07 Å². The van der Waals surface area contributed by atoms with Gasteiger partial charge in [0.25, 0.3) is 12.0 Å². The summed E-state index contributed by atoms with van der Waals surface area (Å²) >= 11 is 0. The van der Waals surface area contributed by atoms with Crippen LogP contribution >= 0.6 is 0 Å². The van der Waals surface area contributed by atoms with E-state index in [1.165, 1.54) is 4.98 Å². The highest BCUT2D eigenvalue weighted by atomic mass is 19.3. The van der Waals surface area contributed by atoms with Crippen molar-refractivity contribution < 1.29 is 18.0 Å². The second-order valence-corrected chi connectivity index (χ2v) is 2.24. The molecule has 0 aliphatic heterocycles. The van der Waals surface area contributed by atoms with E-state index in [-0.39, 0.29) is 6.29 Å². The second kappa shape index (κ2) is 3.42. The number of carbonyl (C=O) groups excluding carboxylic acids is 1. The van der Waals surface area contributed by atoms with Crippen LogP contribution in [0.25, 0.3) is 0 Å². The number of pyridine rings is 1. The van der Waals surface area contributed by atoms with Crippen LogP contribution in [-0.2, 0) is 0 Å². The molecule has 0 spiro atoms. The summed E-state index contributed by atoms with van der Waals surface area (Å²) in [4.78, 5) is 22.3. The van der Waals surface area contributed by atoms with Crippen molar-refractivity contribution in [3.8, 4) is 0 Å². The highest BCUT2D eigenvalue weighted by Crippen LogP contribution is 2.15. The van der Waals surface area contributed by atoms with Gasteiger partial charge in [-0.3, -0.25) is 14.6 Å². The summed E-state index contributed by atoms with van der Waals surface area (Å²) in [6.07, 6.45) is -2.97. The Kier molecular flexibility index (Phi) is 2.50. The number of aromatic nitrogens is 1. The predicted molar refractivity (Wildman–Crippen MR) is 37.4 cm³/mol. The van der Waals surface area contributed by atoms with E-state index in [9.17, 15) is 22.8 Å². The van der Waals surface area contributed by atoms with Crippen LogP contribution in [-0.4, -0.2) is 11.3 Å². The van der Waals surface area contributed by atoms with Crippen molar-refractivity contribution in [2.24, 2.45) is 0 Å². The molecule has 0 aromatic carbocycles. The van der Waals surface area contributed by atoms with Gasteiger partial charge in [0.2, 0.25) is 5.95 Å². The smallest absolute Gasteiger partial charge is 0.269 e. The third kappa shape index (κ3) is 1.77. The zero-order valence-corrected chi connectivity index (χ0v) is 6.18. The summed E-state index contributed by atoms with van der Waals surface area (Å²) in [5, 5.41) is 0. The second-order valence-electron chi connectivity index (χ2n) is 2.24. The predicted octanol–water partition coefficient (Wildman–Crippen LogP) is 1.26. The maximum atomic E-state index is 12.6. The summed E-state index contributed by atoms with van der Waals surface area (Å²) in [7, 11) is 0. The molecular weight excluding hydrogens is 187 g/mol. The number of nitrogens with one attached hydrogen (secondary N) is 1. The molecule has 70 valence electrons. The molecule has 1 rings (SSSR count). The quantitative estimate of drug-likeness (QED) is 0.565. The first-order valence-corrected chi connectivity index (χ1v) is 3.22. The van der Waals surface area contributed by atoms with Gasteiger partial charge in [0.1, 0.15) is 0 Å². The monoisotopic (exact) mass is 191 g/mol. The summed E-state index contributed by atoms with van der Waals surface area (Å²) < 4.78 is 36.6. The number of halogens is 3. The number of hydrogen-bond donors (Lipinski definition) is 1. The van der Waals surface area contributed by atoms with Crippen LogP contribution in [0.1, 0.15) is 22.3 Å². The first-order valence-electron chi connectivity index (χ1n) is 3.22. The van der Waals surface area contributed by atoms with Crippen molar-refractivity contribution in [2.75, 3.05) is 0 Å². The fraction of sp³-hybridized carbons (Fsp3) is 0.143. The fourth-order valence-electron chi connectivity index (χ4n) is 0.788.